The third-order valence-electron chi connectivity index (χ3n) is 6.17. The lowest BCUT2D eigenvalue weighted by atomic mass is 10.00. The number of halogens is 3. The van der Waals surface area contributed by atoms with Crippen LogP contribution >= 0.6 is 23.2 Å². The molecule has 0 aliphatic carbocycles. The van der Waals surface area contributed by atoms with Gasteiger partial charge in [0, 0.05) is 42.3 Å². The molecule has 0 radical (unpaired) electrons. The summed E-state index contributed by atoms with van der Waals surface area (Å²) in [4.78, 5) is 17.2. The third kappa shape index (κ3) is 9.32. The van der Waals surface area contributed by atoms with E-state index in [9.17, 15) is 14.3 Å². The first-order valence-corrected chi connectivity index (χ1v) is 13.4. The van der Waals surface area contributed by atoms with Gasteiger partial charge in [0.2, 0.25) is 0 Å². The van der Waals surface area contributed by atoms with Crippen LogP contribution in [0.3, 0.4) is 0 Å². The third-order valence-corrected chi connectivity index (χ3v) is 6.71. The van der Waals surface area contributed by atoms with Crippen LogP contribution in [0, 0.1) is 5.82 Å². The molecule has 2 aromatic rings. The molecule has 0 unspecified atom stereocenters. The highest BCUT2D eigenvalue weighted by Crippen LogP contribution is 2.26. The summed E-state index contributed by atoms with van der Waals surface area (Å²) < 4.78 is 25.2. The summed E-state index contributed by atoms with van der Waals surface area (Å²) in [5, 5.41) is 11.9. The summed E-state index contributed by atoms with van der Waals surface area (Å²) in [6.45, 7) is 9.31. The number of rotatable bonds is 9. The predicted octanol–water partition coefficient (Wildman–Crippen LogP) is 6.25. The van der Waals surface area contributed by atoms with Gasteiger partial charge in [0.25, 0.3) is 0 Å². The van der Waals surface area contributed by atoms with Gasteiger partial charge in [0.1, 0.15) is 29.4 Å². The minimum Gasteiger partial charge on any atom is -0.490 e. The average Bonchev–Trinajstić information content (AvgIpc) is 2.82. The topological polar surface area (TPSA) is 62.2 Å². The highest BCUT2D eigenvalue weighted by molar-refractivity contribution is 6.30. The Kier molecular flexibility index (Phi) is 10.1. The fourth-order valence-corrected chi connectivity index (χ4v) is 4.67. The van der Waals surface area contributed by atoms with Gasteiger partial charge in [0.15, 0.2) is 0 Å². The van der Waals surface area contributed by atoms with Crippen LogP contribution in [0.2, 0.25) is 5.02 Å². The van der Waals surface area contributed by atoms with Crippen LogP contribution in [0.5, 0.6) is 5.75 Å². The molecule has 1 heterocycles. The predicted molar refractivity (Wildman–Crippen MR) is 145 cm³/mol. The highest BCUT2D eigenvalue weighted by atomic mass is 35.5. The number of likely N-dealkylation sites (tertiary alicyclic amines) is 1. The van der Waals surface area contributed by atoms with E-state index in [4.69, 9.17) is 32.7 Å². The van der Waals surface area contributed by atoms with Crippen LogP contribution in [0.1, 0.15) is 51.7 Å². The number of hydrogen-bond acceptors (Lipinski definition) is 5. The standard InChI is InChI=1S/C28H37Cl2FN2O4/c1-27(2,3)37-26(34)33(18-28(4,35)19-36-25-15-23(31)10-7-21(25)16-29)24-11-13-32(14-12-24)17-20-5-8-22(30)9-6-20/h5-10,15,24,35H,11-14,16-19H2,1-4H3/t28-/m0/s1. The zero-order valence-electron chi connectivity index (χ0n) is 22.0. The number of aliphatic hydroxyl groups is 1. The van der Waals surface area contributed by atoms with Crippen molar-refractivity contribution >= 4 is 29.3 Å². The van der Waals surface area contributed by atoms with E-state index in [2.05, 4.69) is 4.90 Å². The van der Waals surface area contributed by atoms with Crippen LogP contribution in [-0.2, 0) is 17.2 Å². The first kappa shape index (κ1) is 29.5. The number of hydrogen-bond donors (Lipinski definition) is 1. The van der Waals surface area contributed by atoms with Crippen LogP contribution in [-0.4, -0.2) is 64.5 Å². The van der Waals surface area contributed by atoms with Crippen molar-refractivity contribution in [2.45, 2.75) is 70.2 Å². The second-order valence-electron chi connectivity index (χ2n) is 10.9. The minimum absolute atomic E-state index is 0.00921. The number of nitrogens with zero attached hydrogens (tertiary/aromatic N) is 2. The number of ether oxygens (including phenoxy) is 2. The van der Waals surface area contributed by atoms with E-state index in [1.807, 2.05) is 45.0 Å². The second kappa shape index (κ2) is 12.7. The molecule has 1 saturated heterocycles. The molecule has 1 aliphatic rings. The number of piperidine rings is 1. The maximum atomic E-state index is 13.7. The molecule has 0 aromatic heterocycles. The van der Waals surface area contributed by atoms with Gasteiger partial charge in [-0.3, -0.25) is 4.90 Å². The molecule has 9 heteroatoms. The normalized spacial score (nSPS) is 16.8. The smallest absolute Gasteiger partial charge is 0.410 e. The van der Waals surface area contributed by atoms with E-state index in [0.717, 1.165) is 32.5 Å². The number of benzene rings is 2. The summed E-state index contributed by atoms with van der Waals surface area (Å²) in [6.07, 6.45) is 1.00. The monoisotopic (exact) mass is 554 g/mol. The SMILES string of the molecule is CC(C)(C)OC(=O)N(C[C@](C)(O)COc1cc(F)ccc1CCl)C1CCN(Cc2ccc(Cl)cc2)CC1. The van der Waals surface area contributed by atoms with Gasteiger partial charge in [-0.2, -0.15) is 0 Å². The molecule has 2 aromatic carbocycles. The minimum atomic E-state index is -1.41. The lowest BCUT2D eigenvalue weighted by molar-refractivity contribution is -0.0458. The van der Waals surface area contributed by atoms with Crippen LogP contribution in [0.15, 0.2) is 42.5 Å². The lowest BCUT2D eigenvalue weighted by Crippen LogP contribution is -2.55. The fourth-order valence-electron chi connectivity index (χ4n) is 4.32. The number of alkyl halides is 1. The summed E-state index contributed by atoms with van der Waals surface area (Å²) >= 11 is 11.9. The quantitative estimate of drug-likeness (QED) is 0.371. The Morgan fingerprint density at radius 3 is 2.38 bits per heavy atom. The number of carbonyl (C=O) groups excluding carboxylic acids is 1. The molecule has 0 saturated carbocycles. The summed E-state index contributed by atoms with van der Waals surface area (Å²) in [5.41, 5.74) is -0.284. The molecule has 204 valence electrons. The van der Waals surface area contributed by atoms with E-state index in [1.54, 1.807) is 17.9 Å². The van der Waals surface area contributed by atoms with Crippen LogP contribution in [0.25, 0.3) is 0 Å². The van der Waals surface area contributed by atoms with Gasteiger partial charge in [0.05, 0.1) is 12.4 Å². The van der Waals surface area contributed by atoms with E-state index in [0.29, 0.717) is 10.6 Å². The maximum absolute atomic E-state index is 13.7. The fraction of sp³-hybridized carbons (Fsp3) is 0.536. The molecule has 0 spiro atoms. The van der Waals surface area contributed by atoms with E-state index >= 15 is 0 Å². The van der Waals surface area contributed by atoms with E-state index in [1.165, 1.54) is 17.7 Å². The van der Waals surface area contributed by atoms with Gasteiger partial charge >= 0.3 is 6.09 Å². The molecule has 37 heavy (non-hydrogen) atoms. The number of carbonyl (C=O) groups is 1. The Hall–Kier alpha value is -2.06. The molecule has 1 amide bonds. The Labute approximate surface area is 229 Å². The van der Waals surface area contributed by atoms with E-state index < -0.39 is 23.1 Å². The Morgan fingerprint density at radius 2 is 1.78 bits per heavy atom. The Morgan fingerprint density at radius 1 is 1.14 bits per heavy atom. The second-order valence-corrected chi connectivity index (χ2v) is 11.6. The number of amides is 1. The van der Waals surface area contributed by atoms with Crippen molar-refractivity contribution in [2.24, 2.45) is 0 Å². The first-order chi connectivity index (χ1) is 17.3. The maximum Gasteiger partial charge on any atom is 0.410 e. The highest BCUT2D eigenvalue weighted by Gasteiger charge is 2.36. The average molecular weight is 556 g/mol. The van der Waals surface area contributed by atoms with Gasteiger partial charge in [-0.25, -0.2) is 9.18 Å². The summed E-state index contributed by atoms with van der Waals surface area (Å²) in [5.74, 6) is -0.0324. The van der Waals surface area contributed by atoms with Crippen molar-refractivity contribution in [3.63, 3.8) is 0 Å². The van der Waals surface area contributed by atoms with Crippen molar-refractivity contribution in [3.05, 3.63) is 64.4 Å². The van der Waals surface area contributed by atoms with Crippen molar-refractivity contribution in [1.82, 2.24) is 9.80 Å². The van der Waals surface area contributed by atoms with Crippen molar-refractivity contribution in [3.8, 4) is 5.75 Å². The van der Waals surface area contributed by atoms with Crippen molar-refractivity contribution < 1.29 is 23.8 Å². The van der Waals surface area contributed by atoms with Crippen LogP contribution < -0.4 is 4.74 Å². The van der Waals surface area contributed by atoms with Gasteiger partial charge in [-0.05, 0) is 64.3 Å². The largest absolute Gasteiger partial charge is 0.490 e. The van der Waals surface area contributed by atoms with E-state index in [-0.39, 0.29) is 30.8 Å². The molecule has 6 nitrogen and oxygen atoms in total. The molecular weight excluding hydrogens is 518 g/mol. The molecule has 1 atom stereocenters. The zero-order valence-corrected chi connectivity index (χ0v) is 23.5. The molecule has 1 fully saturated rings. The lowest BCUT2D eigenvalue weighted by Gasteiger charge is -2.41. The Balaban J connectivity index is 1.67. The first-order valence-electron chi connectivity index (χ1n) is 12.5. The van der Waals surface area contributed by atoms with Crippen molar-refractivity contribution in [1.29, 1.82) is 0 Å². The van der Waals surface area contributed by atoms with Crippen LogP contribution in [0.4, 0.5) is 9.18 Å². The molecule has 1 aliphatic heterocycles. The molecular formula is C28H37Cl2FN2O4. The van der Waals surface area contributed by atoms with Gasteiger partial charge in [-0.1, -0.05) is 29.8 Å². The van der Waals surface area contributed by atoms with Gasteiger partial charge in [-0.15, -0.1) is 11.6 Å². The molecule has 0 bridgehead atoms. The Bertz CT molecular complexity index is 1040. The molecule has 3 rings (SSSR count). The zero-order chi connectivity index (χ0) is 27.2. The summed E-state index contributed by atoms with van der Waals surface area (Å²) in [6, 6.07) is 11.8. The van der Waals surface area contributed by atoms with Gasteiger partial charge < -0.3 is 19.5 Å². The van der Waals surface area contributed by atoms with Crippen molar-refractivity contribution in [2.75, 3.05) is 26.2 Å². The molecule has 1 N–H and O–H groups in total. The summed E-state index contributed by atoms with van der Waals surface area (Å²) in [7, 11) is 0.